The van der Waals surface area contributed by atoms with E-state index in [9.17, 15) is 9.59 Å². The van der Waals surface area contributed by atoms with Crippen molar-refractivity contribution in [2.75, 3.05) is 11.4 Å². The Morgan fingerprint density at radius 3 is 2.65 bits per heavy atom. The van der Waals surface area contributed by atoms with E-state index in [4.69, 9.17) is 22.4 Å². The summed E-state index contributed by atoms with van der Waals surface area (Å²) in [6.45, 7) is 1.06. The summed E-state index contributed by atoms with van der Waals surface area (Å²) in [6, 6.07) is 5.63. The number of hydrogen-bond acceptors (Lipinski definition) is 3. The minimum absolute atomic E-state index is 0.419. The molecule has 0 aliphatic rings. The summed E-state index contributed by atoms with van der Waals surface area (Å²) in [5, 5.41) is 9.20. The maximum absolute atomic E-state index is 11.8. The Balaban J connectivity index is 3.05. The summed E-state index contributed by atoms with van der Waals surface area (Å²) in [5.74, 6) is -1.58. The quantitative estimate of drug-likeness (QED) is 0.845. The van der Waals surface area contributed by atoms with Crippen LogP contribution in [0.5, 0.6) is 0 Å². The number of rotatable bonds is 4. The molecule has 17 heavy (non-hydrogen) atoms. The van der Waals surface area contributed by atoms with Crippen LogP contribution in [0.2, 0.25) is 5.02 Å². The van der Waals surface area contributed by atoms with Crippen LogP contribution in [0.3, 0.4) is 0 Å². The third-order valence-corrected chi connectivity index (χ3v) is 2.30. The minimum Gasteiger partial charge on any atom is -0.480 e. The number of carboxylic acid groups (broad SMARTS) is 1. The van der Waals surface area contributed by atoms with Crippen molar-refractivity contribution in [3.8, 4) is 0 Å². The lowest BCUT2D eigenvalue weighted by molar-refractivity contribution is -0.136. The molecule has 1 aromatic rings. The molecule has 1 aromatic carbocycles. The lowest BCUT2D eigenvalue weighted by Crippen LogP contribution is -2.44. The number of carboxylic acids is 1. The van der Waals surface area contributed by atoms with Crippen molar-refractivity contribution in [3.05, 3.63) is 29.3 Å². The van der Waals surface area contributed by atoms with E-state index in [0.717, 1.165) is 4.90 Å². The largest absolute Gasteiger partial charge is 0.480 e. The second-order valence-corrected chi connectivity index (χ2v) is 4.02. The summed E-state index contributed by atoms with van der Waals surface area (Å²) in [7, 11) is 0. The van der Waals surface area contributed by atoms with Gasteiger partial charge in [0, 0.05) is 10.7 Å². The number of aliphatic carboxylic acids is 1. The third-order valence-electron chi connectivity index (χ3n) is 2.07. The van der Waals surface area contributed by atoms with Crippen molar-refractivity contribution in [1.29, 1.82) is 0 Å². The molecule has 1 atom stereocenters. The SMILES string of the molecule is C[C@@H](N)C(=O)N(CC(=O)O)c1cccc(Cl)c1. The average molecular weight is 257 g/mol. The second kappa shape index (κ2) is 5.65. The Bertz CT molecular complexity index is 434. The van der Waals surface area contributed by atoms with Gasteiger partial charge in [-0.15, -0.1) is 0 Å². The van der Waals surface area contributed by atoms with E-state index in [1.807, 2.05) is 0 Å². The average Bonchev–Trinajstić information content (AvgIpc) is 2.24. The van der Waals surface area contributed by atoms with Gasteiger partial charge in [0.05, 0.1) is 6.04 Å². The van der Waals surface area contributed by atoms with Gasteiger partial charge in [-0.2, -0.15) is 0 Å². The fraction of sp³-hybridized carbons (Fsp3) is 0.273. The molecule has 1 rings (SSSR count). The predicted octanol–water partition coefficient (Wildman–Crippen LogP) is 1.10. The van der Waals surface area contributed by atoms with Crippen molar-refractivity contribution < 1.29 is 14.7 Å². The molecule has 0 saturated heterocycles. The number of nitrogens with two attached hydrogens (primary N) is 1. The Kier molecular flexibility index (Phi) is 4.48. The molecule has 1 amide bonds. The summed E-state index contributed by atoms with van der Waals surface area (Å²) in [6.07, 6.45) is 0. The van der Waals surface area contributed by atoms with Crippen LogP contribution in [0, 0.1) is 0 Å². The number of halogens is 1. The maximum Gasteiger partial charge on any atom is 0.323 e. The Morgan fingerprint density at radius 2 is 2.18 bits per heavy atom. The number of carbonyl (C=O) groups excluding carboxylic acids is 1. The molecule has 5 nitrogen and oxygen atoms in total. The fourth-order valence-corrected chi connectivity index (χ4v) is 1.51. The molecule has 0 heterocycles. The van der Waals surface area contributed by atoms with Gasteiger partial charge in [-0.25, -0.2) is 0 Å². The van der Waals surface area contributed by atoms with Gasteiger partial charge in [0.15, 0.2) is 0 Å². The van der Waals surface area contributed by atoms with Gasteiger partial charge in [-0.1, -0.05) is 17.7 Å². The predicted molar refractivity (Wildman–Crippen MR) is 65.1 cm³/mol. The highest BCUT2D eigenvalue weighted by Gasteiger charge is 2.21. The molecule has 0 unspecified atom stereocenters. The second-order valence-electron chi connectivity index (χ2n) is 3.59. The van der Waals surface area contributed by atoms with Gasteiger partial charge >= 0.3 is 5.97 Å². The number of anilines is 1. The van der Waals surface area contributed by atoms with E-state index in [2.05, 4.69) is 0 Å². The zero-order chi connectivity index (χ0) is 13.0. The van der Waals surface area contributed by atoms with Crippen LogP contribution in [0.4, 0.5) is 5.69 Å². The van der Waals surface area contributed by atoms with Crippen LogP contribution < -0.4 is 10.6 Å². The molecule has 0 aromatic heterocycles. The first-order valence-electron chi connectivity index (χ1n) is 4.96. The standard InChI is InChI=1S/C11H13ClN2O3/c1-7(13)11(17)14(6-10(15)16)9-4-2-3-8(12)5-9/h2-5,7H,6,13H2,1H3,(H,15,16)/t7-/m1/s1. The van der Waals surface area contributed by atoms with Gasteiger partial charge in [-0.3, -0.25) is 14.5 Å². The molecule has 6 heteroatoms. The maximum atomic E-state index is 11.8. The lowest BCUT2D eigenvalue weighted by atomic mass is 10.2. The van der Waals surface area contributed by atoms with Crippen molar-refractivity contribution in [1.82, 2.24) is 0 Å². The van der Waals surface area contributed by atoms with Gasteiger partial charge in [0.2, 0.25) is 5.91 Å². The zero-order valence-corrected chi connectivity index (χ0v) is 10.0. The molecular weight excluding hydrogens is 244 g/mol. The van der Waals surface area contributed by atoms with E-state index in [1.165, 1.54) is 13.0 Å². The topological polar surface area (TPSA) is 83.6 Å². The molecule has 0 bridgehead atoms. The van der Waals surface area contributed by atoms with Crippen molar-refractivity contribution >= 4 is 29.2 Å². The first kappa shape index (κ1) is 13.5. The summed E-state index contributed by atoms with van der Waals surface area (Å²) < 4.78 is 0. The summed E-state index contributed by atoms with van der Waals surface area (Å²) in [4.78, 5) is 23.6. The number of nitrogens with zero attached hydrogens (tertiary/aromatic N) is 1. The van der Waals surface area contributed by atoms with Crippen LogP contribution in [0.1, 0.15) is 6.92 Å². The molecule has 0 aliphatic carbocycles. The van der Waals surface area contributed by atoms with Gasteiger partial charge in [0.1, 0.15) is 6.54 Å². The minimum atomic E-state index is -1.11. The Morgan fingerprint density at radius 1 is 1.53 bits per heavy atom. The normalized spacial score (nSPS) is 11.9. The molecule has 3 N–H and O–H groups in total. The zero-order valence-electron chi connectivity index (χ0n) is 9.26. The van der Waals surface area contributed by atoms with Crippen LogP contribution in [-0.4, -0.2) is 29.6 Å². The van der Waals surface area contributed by atoms with Crippen LogP contribution in [0.15, 0.2) is 24.3 Å². The van der Waals surface area contributed by atoms with Gasteiger partial charge in [-0.05, 0) is 25.1 Å². The number of hydrogen-bond donors (Lipinski definition) is 2. The van der Waals surface area contributed by atoms with E-state index in [1.54, 1.807) is 18.2 Å². The summed E-state index contributed by atoms with van der Waals surface area (Å²) >= 11 is 5.79. The molecule has 0 radical (unpaired) electrons. The first-order chi connectivity index (χ1) is 7.91. The number of benzene rings is 1. The highest BCUT2D eigenvalue weighted by Crippen LogP contribution is 2.19. The molecule has 0 aliphatic heterocycles. The Labute approximate surface area is 104 Å². The van der Waals surface area contributed by atoms with E-state index in [-0.39, 0.29) is 0 Å². The molecular formula is C11H13ClN2O3. The first-order valence-corrected chi connectivity index (χ1v) is 5.34. The van der Waals surface area contributed by atoms with E-state index < -0.39 is 24.5 Å². The van der Waals surface area contributed by atoms with Crippen molar-refractivity contribution in [2.24, 2.45) is 5.73 Å². The van der Waals surface area contributed by atoms with Crippen molar-refractivity contribution in [2.45, 2.75) is 13.0 Å². The lowest BCUT2D eigenvalue weighted by Gasteiger charge is -2.22. The number of carbonyl (C=O) groups is 2. The number of amides is 1. The fourth-order valence-electron chi connectivity index (χ4n) is 1.32. The summed E-state index contributed by atoms with van der Waals surface area (Å²) in [5.41, 5.74) is 5.89. The van der Waals surface area contributed by atoms with Crippen molar-refractivity contribution in [3.63, 3.8) is 0 Å². The van der Waals surface area contributed by atoms with Gasteiger partial charge < -0.3 is 10.8 Å². The molecule has 0 saturated carbocycles. The van der Waals surface area contributed by atoms with Gasteiger partial charge in [0.25, 0.3) is 0 Å². The third kappa shape index (κ3) is 3.72. The molecule has 0 spiro atoms. The monoisotopic (exact) mass is 256 g/mol. The Hall–Kier alpha value is -1.59. The van der Waals surface area contributed by atoms with E-state index >= 15 is 0 Å². The van der Waals surface area contributed by atoms with Crippen LogP contribution in [-0.2, 0) is 9.59 Å². The highest BCUT2D eigenvalue weighted by atomic mass is 35.5. The van der Waals surface area contributed by atoms with E-state index in [0.29, 0.717) is 10.7 Å². The van der Waals surface area contributed by atoms with Crippen LogP contribution >= 0.6 is 11.6 Å². The van der Waals surface area contributed by atoms with Crippen LogP contribution in [0.25, 0.3) is 0 Å². The smallest absolute Gasteiger partial charge is 0.323 e. The highest BCUT2D eigenvalue weighted by molar-refractivity contribution is 6.31. The molecule has 92 valence electrons. The molecule has 0 fully saturated rings.